The molecule has 5 atom stereocenters. The predicted molar refractivity (Wildman–Crippen MR) is 183 cm³/mol. The molecule has 0 saturated heterocycles. The van der Waals surface area contributed by atoms with Crippen molar-refractivity contribution in [3.8, 4) is 11.1 Å². The van der Waals surface area contributed by atoms with Crippen molar-refractivity contribution < 1.29 is 14.3 Å². The Morgan fingerprint density at radius 3 is 1.89 bits per heavy atom. The lowest BCUT2D eigenvalue weighted by molar-refractivity contribution is -0.130. The summed E-state index contributed by atoms with van der Waals surface area (Å²) in [6.45, 7) is 4.05. The van der Waals surface area contributed by atoms with Gasteiger partial charge in [-0.15, -0.1) is 0 Å². The second-order valence-electron chi connectivity index (χ2n) is 14.9. The number of hydrogen-bond acceptors (Lipinski definition) is 3. The standard InChI is InChI=1S/C41H60O3/c1-3-4-5-6-31-9-16-36(17-10-31)37-18-11-32(12-19-37)7-8-34-15-22-41-27-40(24-23-39(41)26-34)38-20-13-33(14-21-38)25-35(28-43-2)29-44-30-42/h9-12,16-19,30,33-35,38-41H,3-8,13-15,20-29H2,1-2H3. The lowest BCUT2D eigenvalue weighted by Gasteiger charge is -2.45. The van der Waals surface area contributed by atoms with Crippen LogP contribution >= 0.6 is 0 Å². The summed E-state index contributed by atoms with van der Waals surface area (Å²) >= 11 is 0. The molecule has 242 valence electrons. The molecule has 3 fully saturated rings. The Kier molecular flexibility index (Phi) is 13.2. The van der Waals surface area contributed by atoms with Gasteiger partial charge in [0, 0.05) is 13.0 Å². The van der Waals surface area contributed by atoms with Gasteiger partial charge in [-0.25, -0.2) is 0 Å². The number of benzene rings is 2. The second kappa shape index (κ2) is 17.5. The number of hydrogen-bond donors (Lipinski definition) is 0. The first-order valence-electron chi connectivity index (χ1n) is 18.4. The minimum atomic E-state index is 0.347. The van der Waals surface area contributed by atoms with Crippen LogP contribution in [0.2, 0.25) is 0 Å². The number of methoxy groups -OCH3 is 1. The molecule has 0 aliphatic heterocycles. The van der Waals surface area contributed by atoms with Crippen molar-refractivity contribution in [3.05, 3.63) is 59.7 Å². The SMILES string of the molecule is CCCCCc1ccc(-c2ccc(CCC3CCC4CC(C5CCC(CC(COC)COC=O)CC5)CCC4C3)cc2)cc1. The molecule has 3 nitrogen and oxygen atoms in total. The summed E-state index contributed by atoms with van der Waals surface area (Å²) in [6, 6.07) is 18.7. The molecular formula is C41H60O3. The number of unbranched alkanes of at least 4 members (excludes halogenated alkanes) is 2. The number of ether oxygens (including phenoxy) is 2. The third kappa shape index (κ3) is 9.68. The zero-order chi connectivity index (χ0) is 30.6. The van der Waals surface area contributed by atoms with Gasteiger partial charge in [-0.3, -0.25) is 4.79 Å². The van der Waals surface area contributed by atoms with E-state index in [-0.39, 0.29) is 0 Å². The van der Waals surface area contributed by atoms with E-state index in [1.54, 1.807) is 7.11 Å². The van der Waals surface area contributed by atoms with Crippen LogP contribution in [0.5, 0.6) is 0 Å². The van der Waals surface area contributed by atoms with E-state index in [1.165, 1.54) is 125 Å². The van der Waals surface area contributed by atoms with Crippen molar-refractivity contribution in [2.45, 2.75) is 116 Å². The summed E-state index contributed by atoms with van der Waals surface area (Å²) in [5.74, 6) is 5.94. The average Bonchev–Trinajstić information content (AvgIpc) is 3.07. The summed E-state index contributed by atoms with van der Waals surface area (Å²) in [7, 11) is 1.75. The maximum atomic E-state index is 10.7. The molecule has 3 heteroatoms. The summed E-state index contributed by atoms with van der Waals surface area (Å²) in [5.41, 5.74) is 5.67. The molecule has 5 unspecified atom stereocenters. The maximum absolute atomic E-state index is 10.7. The Bertz CT molecular complexity index is 1080. The normalized spacial score (nSPS) is 27.8. The number of carbonyl (C=O) groups is 1. The highest BCUT2D eigenvalue weighted by atomic mass is 16.5. The molecule has 0 heterocycles. The van der Waals surface area contributed by atoms with Gasteiger partial charge in [0.25, 0.3) is 6.47 Å². The van der Waals surface area contributed by atoms with Crippen LogP contribution in [0.15, 0.2) is 48.5 Å². The van der Waals surface area contributed by atoms with E-state index < -0.39 is 0 Å². The van der Waals surface area contributed by atoms with E-state index in [2.05, 4.69) is 55.5 Å². The molecule has 3 aliphatic carbocycles. The largest absolute Gasteiger partial charge is 0.468 e. The fraction of sp³-hybridized carbons (Fsp3) is 0.683. The molecular weight excluding hydrogens is 540 g/mol. The zero-order valence-corrected chi connectivity index (χ0v) is 27.9. The van der Waals surface area contributed by atoms with Crippen LogP contribution < -0.4 is 0 Å². The maximum Gasteiger partial charge on any atom is 0.293 e. The van der Waals surface area contributed by atoms with Gasteiger partial charge >= 0.3 is 0 Å². The van der Waals surface area contributed by atoms with Crippen molar-refractivity contribution in [1.82, 2.24) is 0 Å². The predicted octanol–water partition coefficient (Wildman–Crippen LogP) is 10.5. The molecule has 2 aromatic carbocycles. The molecule has 3 aliphatic rings. The van der Waals surface area contributed by atoms with E-state index in [0.717, 1.165) is 41.9 Å². The van der Waals surface area contributed by atoms with Gasteiger partial charge in [0.2, 0.25) is 0 Å². The minimum Gasteiger partial charge on any atom is -0.468 e. The van der Waals surface area contributed by atoms with Gasteiger partial charge in [-0.1, -0.05) is 87.6 Å². The Morgan fingerprint density at radius 2 is 1.25 bits per heavy atom. The molecule has 3 saturated carbocycles. The third-order valence-electron chi connectivity index (χ3n) is 11.9. The Balaban J connectivity index is 1.01. The van der Waals surface area contributed by atoms with E-state index >= 15 is 0 Å². The molecule has 5 rings (SSSR count). The first-order chi connectivity index (χ1) is 21.6. The summed E-state index contributed by atoms with van der Waals surface area (Å²) < 4.78 is 10.5. The van der Waals surface area contributed by atoms with E-state index in [9.17, 15) is 4.79 Å². The van der Waals surface area contributed by atoms with Gasteiger partial charge in [-0.05, 0) is 135 Å². The van der Waals surface area contributed by atoms with Gasteiger partial charge in [-0.2, -0.15) is 0 Å². The quantitative estimate of drug-likeness (QED) is 0.142. The number of fused-ring (bicyclic) bond motifs is 1. The highest BCUT2D eigenvalue weighted by Gasteiger charge is 2.38. The monoisotopic (exact) mass is 600 g/mol. The van der Waals surface area contributed by atoms with Crippen LogP contribution in [-0.2, 0) is 27.1 Å². The fourth-order valence-corrected chi connectivity index (χ4v) is 9.35. The van der Waals surface area contributed by atoms with Gasteiger partial charge < -0.3 is 9.47 Å². The molecule has 0 aromatic heterocycles. The topological polar surface area (TPSA) is 35.5 Å². The smallest absolute Gasteiger partial charge is 0.293 e. The van der Waals surface area contributed by atoms with E-state index in [0.29, 0.717) is 25.6 Å². The minimum absolute atomic E-state index is 0.347. The molecule has 44 heavy (non-hydrogen) atoms. The average molecular weight is 601 g/mol. The van der Waals surface area contributed by atoms with Crippen LogP contribution in [0.4, 0.5) is 0 Å². The summed E-state index contributed by atoms with van der Waals surface area (Å²) in [5, 5.41) is 0. The van der Waals surface area contributed by atoms with Crippen molar-refractivity contribution in [1.29, 1.82) is 0 Å². The molecule has 2 aromatic rings. The number of aryl methyl sites for hydroxylation is 2. The van der Waals surface area contributed by atoms with Crippen LogP contribution in [0, 0.1) is 41.4 Å². The second-order valence-corrected chi connectivity index (χ2v) is 14.9. The molecule has 0 amide bonds. The summed E-state index contributed by atoms with van der Waals surface area (Å²) in [6.07, 6.45) is 23.3. The Hall–Kier alpha value is -2.13. The lowest BCUT2D eigenvalue weighted by atomic mass is 9.60. The zero-order valence-electron chi connectivity index (χ0n) is 27.9. The van der Waals surface area contributed by atoms with Crippen LogP contribution in [0.25, 0.3) is 11.1 Å². The molecule has 0 radical (unpaired) electrons. The molecule has 0 N–H and O–H groups in total. The fourth-order valence-electron chi connectivity index (χ4n) is 9.35. The first kappa shape index (κ1) is 33.2. The van der Waals surface area contributed by atoms with Crippen molar-refractivity contribution in [3.63, 3.8) is 0 Å². The molecule has 0 bridgehead atoms. The van der Waals surface area contributed by atoms with Gasteiger partial charge in [0.1, 0.15) is 0 Å². The van der Waals surface area contributed by atoms with Gasteiger partial charge in [0.05, 0.1) is 13.2 Å². The van der Waals surface area contributed by atoms with E-state index in [4.69, 9.17) is 9.47 Å². The molecule has 0 spiro atoms. The van der Waals surface area contributed by atoms with Gasteiger partial charge in [0.15, 0.2) is 0 Å². The Morgan fingerprint density at radius 1 is 0.682 bits per heavy atom. The summed E-state index contributed by atoms with van der Waals surface area (Å²) in [4.78, 5) is 10.7. The third-order valence-corrected chi connectivity index (χ3v) is 11.9. The van der Waals surface area contributed by atoms with Crippen LogP contribution in [0.1, 0.15) is 114 Å². The number of carbonyl (C=O) groups excluding carboxylic acids is 1. The van der Waals surface area contributed by atoms with Crippen molar-refractivity contribution in [2.24, 2.45) is 41.4 Å². The Labute approximate surface area is 268 Å². The van der Waals surface area contributed by atoms with E-state index in [1.807, 2.05) is 0 Å². The highest BCUT2D eigenvalue weighted by Crippen LogP contribution is 2.50. The highest BCUT2D eigenvalue weighted by molar-refractivity contribution is 5.64. The van der Waals surface area contributed by atoms with Crippen molar-refractivity contribution >= 4 is 6.47 Å². The lowest BCUT2D eigenvalue weighted by Crippen LogP contribution is -2.35. The van der Waals surface area contributed by atoms with Crippen LogP contribution in [0.3, 0.4) is 0 Å². The number of rotatable bonds is 16. The first-order valence-corrected chi connectivity index (χ1v) is 18.4. The van der Waals surface area contributed by atoms with Crippen molar-refractivity contribution in [2.75, 3.05) is 20.3 Å². The van der Waals surface area contributed by atoms with Crippen LogP contribution in [-0.4, -0.2) is 26.8 Å².